The van der Waals surface area contributed by atoms with Crippen LogP contribution < -0.4 is 16.0 Å². The summed E-state index contributed by atoms with van der Waals surface area (Å²) >= 11 is 5.93. The van der Waals surface area contributed by atoms with Crippen LogP contribution in [0.2, 0.25) is 5.02 Å². The maximum atomic E-state index is 13.4. The van der Waals surface area contributed by atoms with E-state index in [1.165, 1.54) is 11.6 Å². The van der Waals surface area contributed by atoms with Gasteiger partial charge in [0, 0.05) is 23.7 Å². The van der Waals surface area contributed by atoms with Gasteiger partial charge < -0.3 is 16.0 Å². The average Bonchev–Trinajstić information content (AvgIpc) is 3.25. The van der Waals surface area contributed by atoms with E-state index in [1.807, 2.05) is 12.1 Å². The van der Waals surface area contributed by atoms with Crippen LogP contribution in [0.1, 0.15) is 72.5 Å². The first-order valence-corrected chi connectivity index (χ1v) is 11.7. The summed E-state index contributed by atoms with van der Waals surface area (Å²) in [6.45, 7) is 4.02. The Bertz CT molecular complexity index is 898. The molecule has 2 aromatic rings. The molecule has 2 aliphatic rings. The van der Waals surface area contributed by atoms with E-state index in [4.69, 9.17) is 11.6 Å². The van der Waals surface area contributed by atoms with E-state index >= 15 is 0 Å². The number of hydrogen-bond acceptors (Lipinski definition) is 3. The first-order valence-electron chi connectivity index (χ1n) is 11.3. The molecular weight excluding hydrogens is 413 g/mol. The van der Waals surface area contributed by atoms with Gasteiger partial charge in [0.1, 0.15) is 5.82 Å². The van der Waals surface area contributed by atoms with E-state index in [-0.39, 0.29) is 28.8 Å². The lowest BCUT2D eigenvalue weighted by molar-refractivity contribution is 0.0929. The average molecular weight is 444 g/mol. The molecule has 1 aliphatic carbocycles. The van der Waals surface area contributed by atoms with Gasteiger partial charge in [-0.15, -0.1) is 0 Å². The standard InChI is InChI=1S/C25H31ClFN3O/c1-16(19-7-9-24(27)23(26)15-19)29-22-8-6-20(14-22)17-2-4-18(5-3-17)25(31)30-21-10-12-28-13-11-21/h2-5,7,9,15-16,20-22,28-29H,6,8,10-14H2,1H3,(H,30,31)/t16-,20+,22?/m1/s1. The Morgan fingerprint density at radius 2 is 1.81 bits per heavy atom. The molecule has 1 saturated heterocycles. The van der Waals surface area contributed by atoms with Crippen molar-refractivity contribution in [3.63, 3.8) is 0 Å². The zero-order valence-corrected chi connectivity index (χ0v) is 18.7. The molecular formula is C25H31ClFN3O. The van der Waals surface area contributed by atoms with Crippen LogP contribution in [-0.2, 0) is 0 Å². The van der Waals surface area contributed by atoms with Crippen molar-refractivity contribution < 1.29 is 9.18 Å². The quantitative estimate of drug-likeness (QED) is 0.592. The molecule has 1 unspecified atom stereocenters. The number of hydrogen-bond donors (Lipinski definition) is 3. The third-order valence-corrected chi connectivity index (χ3v) is 6.97. The summed E-state index contributed by atoms with van der Waals surface area (Å²) < 4.78 is 13.4. The minimum atomic E-state index is -0.383. The van der Waals surface area contributed by atoms with Crippen LogP contribution in [-0.4, -0.2) is 31.1 Å². The topological polar surface area (TPSA) is 53.2 Å². The Morgan fingerprint density at radius 3 is 2.52 bits per heavy atom. The maximum Gasteiger partial charge on any atom is 0.251 e. The molecule has 6 heteroatoms. The number of piperidine rings is 1. The molecule has 0 spiro atoms. The van der Waals surface area contributed by atoms with Crippen molar-refractivity contribution in [1.82, 2.24) is 16.0 Å². The van der Waals surface area contributed by atoms with E-state index < -0.39 is 0 Å². The molecule has 0 radical (unpaired) electrons. The smallest absolute Gasteiger partial charge is 0.251 e. The highest BCUT2D eigenvalue weighted by Gasteiger charge is 2.27. The SMILES string of the molecule is C[C@@H](NC1CC[C@H](c2ccc(C(=O)NC3CCNCC3)cc2)C1)c1ccc(F)c(Cl)c1. The zero-order valence-electron chi connectivity index (χ0n) is 18.0. The van der Waals surface area contributed by atoms with E-state index in [2.05, 4.69) is 35.0 Å². The lowest BCUT2D eigenvalue weighted by atomic mass is 9.96. The minimum absolute atomic E-state index is 0.0243. The molecule has 4 rings (SSSR count). The van der Waals surface area contributed by atoms with Crippen LogP contribution in [0.4, 0.5) is 4.39 Å². The van der Waals surface area contributed by atoms with E-state index in [0.29, 0.717) is 12.0 Å². The molecule has 2 fully saturated rings. The second-order valence-corrected chi connectivity index (χ2v) is 9.30. The highest BCUT2D eigenvalue weighted by atomic mass is 35.5. The molecule has 1 saturated carbocycles. The lowest BCUT2D eigenvalue weighted by Gasteiger charge is -2.23. The van der Waals surface area contributed by atoms with Crippen molar-refractivity contribution in [2.45, 2.75) is 63.1 Å². The first-order chi connectivity index (χ1) is 15.0. The molecule has 0 bridgehead atoms. The van der Waals surface area contributed by atoms with Gasteiger partial charge in [0.2, 0.25) is 0 Å². The van der Waals surface area contributed by atoms with E-state index in [9.17, 15) is 9.18 Å². The van der Waals surface area contributed by atoms with Gasteiger partial charge in [-0.25, -0.2) is 4.39 Å². The number of amides is 1. The van der Waals surface area contributed by atoms with Gasteiger partial charge in [-0.1, -0.05) is 29.8 Å². The Morgan fingerprint density at radius 1 is 1.06 bits per heavy atom. The summed E-state index contributed by atoms with van der Waals surface area (Å²) in [5, 5.41) is 10.3. The Labute approximate surface area is 189 Å². The molecule has 2 aromatic carbocycles. The van der Waals surface area contributed by atoms with Crippen LogP contribution >= 0.6 is 11.6 Å². The highest BCUT2D eigenvalue weighted by Crippen LogP contribution is 2.35. The lowest BCUT2D eigenvalue weighted by Crippen LogP contribution is -2.42. The van der Waals surface area contributed by atoms with Crippen molar-refractivity contribution in [2.75, 3.05) is 13.1 Å². The molecule has 166 valence electrons. The van der Waals surface area contributed by atoms with Gasteiger partial charge in [-0.2, -0.15) is 0 Å². The number of benzene rings is 2. The van der Waals surface area contributed by atoms with Crippen molar-refractivity contribution in [1.29, 1.82) is 0 Å². The minimum Gasteiger partial charge on any atom is -0.349 e. The van der Waals surface area contributed by atoms with Crippen molar-refractivity contribution >= 4 is 17.5 Å². The summed E-state index contributed by atoms with van der Waals surface area (Å²) in [5.74, 6) is 0.130. The zero-order chi connectivity index (χ0) is 21.8. The summed E-state index contributed by atoms with van der Waals surface area (Å²) in [6, 6.07) is 13.8. The monoisotopic (exact) mass is 443 g/mol. The van der Waals surface area contributed by atoms with Gasteiger partial charge in [0.15, 0.2) is 0 Å². The van der Waals surface area contributed by atoms with E-state index in [1.54, 1.807) is 12.1 Å². The third-order valence-electron chi connectivity index (χ3n) is 6.68. The Balaban J connectivity index is 1.30. The fraction of sp³-hybridized carbons (Fsp3) is 0.480. The number of carbonyl (C=O) groups excluding carboxylic acids is 1. The van der Waals surface area contributed by atoms with Gasteiger partial charge in [0.05, 0.1) is 5.02 Å². The second-order valence-electron chi connectivity index (χ2n) is 8.89. The van der Waals surface area contributed by atoms with Crippen molar-refractivity contribution in [3.8, 4) is 0 Å². The first kappa shape index (κ1) is 22.3. The summed E-state index contributed by atoms with van der Waals surface area (Å²) in [7, 11) is 0. The van der Waals surface area contributed by atoms with Gasteiger partial charge in [-0.05, 0) is 93.4 Å². The normalized spacial score (nSPS) is 22.9. The number of rotatable bonds is 6. The number of halogens is 2. The summed E-state index contributed by atoms with van der Waals surface area (Å²) in [4.78, 5) is 12.5. The predicted octanol–water partition coefficient (Wildman–Crippen LogP) is 4.95. The Hall–Kier alpha value is -1.95. The van der Waals surface area contributed by atoms with Crippen LogP contribution in [0.5, 0.6) is 0 Å². The molecule has 31 heavy (non-hydrogen) atoms. The van der Waals surface area contributed by atoms with E-state index in [0.717, 1.165) is 56.3 Å². The van der Waals surface area contributed by atoms with Crippen LogP contribution in [0.15, 0.2) is 42.5 Å². The fourth-order valence-electron chi connectivity index (χ4n) is 4.81. The largest absolute Gasteiger partial charge is 0.349 e. The van der Waals surface area contributed by atoms with Gasteiger partial charge in [-0.3, -0.25) is 4.79 Å². The fourth-order valence-corrected chi connectivity index (χ4v) is 5.00. The molecule has 1 aliphatic heterocycles. The molecule has 3 atom stereocenters. The van der Waals surface area contributed by atoms with Crippen LogP contribution in [0.25, 0.3) is 0 Å². The van der Waals surface area contributed by atoms with Crippen molar-refractivity contribution in [2.24, 2.45) is 0 Å². The highest BCUT2D eigenvalue weighted by molar-refractivity contribution is 6.30. The summed E-state index contributed by atoms with van der Waals surface area (Å²) in [6.07, 6.45) is 5.25. The van der Waals surface area contributed by atoms with Crippen LogP contribution in [0.3, 0.4) is 0 Å². The second kappa shape index (κ2) is 10.1. The predicted molar refractivity (Wildman–Crippen MR) is 123 cm³/mol. The molecule has 0 aromatic heterocycles. The van der Waals surface area contributed by atoms with Crippen LogP contribution in [0, 0.1) is 5.82 Å². The molecule has 1 amide bonds. The summed E-state index contributed by atoms with van der Waals surface area (Å²) in [5.41, 5.74) is 3.02. The van der Waals surface area contributed by atoms with Gasteiger partial charge >= 0.3 is 0 Å². The van der Waals surface area contributed by atoms with Crippen molar-refractivity contribution in [3.05, 3.63) is 70.0 Å². The maximum absolute atomic E-state index is 13.4. The number of nitrogens with one attached hydrogen (secondary N) is 3. The molecule has 3 N–H and O–H groups in total. The number of carbonyl (C=O) groups is 1. The molecule has 1 heterocycles. The Kier molecular flexibility index (Phi) is 7.26. The third kappa shape index (κ3) is 5.65. The molecule has 4 nitrogen and oxygen atoms in total. The van der Waals surface area contributed by atoms with Gasteiger partial charge in [0.25, 0.3) is 5.91 Å².